The van der Waals surface area contributed by atoms with Gasteiger partial charge in [-0.15, -0.1) is 0 Å². The Morgan fingerprint density at radius 1 is 0.562 bits per heavy atom. The third kappa shape index (κ3) is 5.79. The van der Waals surface area contributed by atoms with Crippen LogP contribution in [0.3, 0.4) is 0 Å². The van der Waals surface area contributed by atoms with Gasteiger partial charge >= 0.3 is 19.9 Å². The predicted octanol–water partition coefficient (Wildman–Crippen LogP) is 7.15. The molecule has 3 aromatic carbocycles. The Morgan fingerprint density at radius 2 is 0.875 bits per heavy atom. The molecule has 0 saturated carbocycles. The van der Waals surface area contributed by atoms with Gasteiger partial charge in [-0.25, -0.2) is 0 Å². The van der Waals surface area contributed by atoms with Crippen LogP contribution >= 0.6 is 7.60 Å². The topological polar surface area (TPSA) is 35.5 Å². The van der Waals surface area contributed by atoms with E-state index >= 15 is 0 Å². The Balaban J connectivity index is 2.10. The Kier molecular flexibility index (Phi) is 7.12. The molecule has 0 aliphatic heterocycles. The number of benzene rings is 3. The molecule has 0 saturated heterocycles. The van der Waals surface area contributed by atoms with E-state index < -0.39 is 48.6 Å². The summed E-state index contributed by atoms with van der Waals surface area (Å²) < 4.78 is 106. The zero-order valence-corrected chi connectivity index (χ0v) is 17.1. The van der Waals surface area contributed by atoms with Crippen molar-refractivity contribution in [2.75, 3.05) is 0 Å². The van der Waals surface area contributed by atoms with Crippen molar-refractivity contribution >= 4 is 12.9 Å². The van der Waals surface area contributed by atoms with Crippen molar-refractivity contribution in [2.24, 2.45) is 0 Å². The summed E-state index contributed by atoms with van der Waals surface area (Å²) >= 11 is 0. The molecule has 0 radical (unpaired) electrons. The number of halogens is 6. The summed E-state index contributed by atoms with van der Waals surface area (Å²) in [4.78, 5) is 0. The fourth-order valence-electron chi connectivity index (χ4n) is 2.91. The van der Waals surface area contributed by atoms with Crippen molar-refractivity contribution in [2.45, 2.75) is 24.6 Å². The molecule has 170 valence electrons. The molecule has 0 bridgehead atoms. The Labute approximate surface area is 180 Å². The van der Waals surface area contributed by atoms with Crippen molar-refractivity contribution in [3.05, 3.63) is 102 Å². The van der Waals surface area contributed by atoms with Gasteiger partial charge in [0.25, 0.3) is 0 Å². The molecule has 0 amide bonds. The highest BCUT2D eigenvalue weighted by Gasteiger charge is 2.51. The van der Waals surface area contributed by atoms with Crippen LogP contribution in [0.5, 0.6) is 0 Å². The molecule has 0 aromatic heterocycles. The van der Waals surface area contributed by atoms with Gasteiger partial charge in [-0.05, 0) is 23.3 Å². The van der Waals surface area contributed by atoms with Crippen LogP contribution in [0.25, 0.3) is 0 Å². The lowest BCUT2D eigenvalue weighted by Crippen LogP contribution is -2.28. The van der Waals surface area contributed by atoms with Crippen molar-refractivity contribution in [3.8, 4) is 0 Å². The molecular formula is C22H17F6O3P. The summed E-state index contributed by atoms with van der Waals surface area (Å²) in [7, 11) is -5.15. The highest BCUT2D eigenvalue weighted by Crippen LogP contribution is 2.59. The fraction of sp³-hybridized carbons (Fsp3) is 0.182. The monoisotopic (exact) mass is 474 g/mol. The Bertz CT molecular complexity index is 977. The Hall–Kier alpha value is -2.61. The minimum Gasteiger partial charge on any atom is -0.287 e. The predicted molar refractivity (Wildman–Crippen MR) is 106 cm³/mol. The quantitative estimate of drug-likeness (QED) is 0.270. The van der Waals surface area contributed by atoms with Gasteiger partial charge in [-0.1, -0.05) is 78.9 Å². The zero-order chi connectivity index (χ0) is 23.4. The SMILES string of the molecule is O=P(O[C@H](c1ccccc1)C(F)(F)F)(O[C@H](c1ccccc1)C(F)(F)F)c1ccccc1. The zero-order valence-electron chi connectivity index (χ0n) is 16.3. The minimum atomic E-state index is -5.15. The normalized spacial score (nSPS) is 14.7. The van der Waals surface area contributed by atoms with E-state index in [2.05, 4.69) is 0 Å². The maximum atomic E-state index is 13.8. The average molecular weight is 474 g/mol. The van der Waals surface area contributed by atoms with Gasteiger partial charge in [0, 0.05) is 0 Å². The van der Waals surface area contributed by atoms with Crippen molar-refractivity contribution in [3.63, 3.8) is 0 Å². The van der Waals surface area contributed by atoms with E-state index in [4.69, 9.17) is 9.05 Å². The first-order valence-electron chi connectivity index (χ1n) is 9.26. The molecule has 0 unspecified atom stereocenters. The highest BCUT2D eigenvalue weighted by atomic mass is 31.2. The van der Waals surface area contributed by atoms with Gasteiger partial charge in [0.2, 0.25) is 0 Å². The summed E-state index contributed by atoms with van der Waals surface area (Å²) in [5, 5.41) is -0.435. The van der Waals surface area contributed by atoms with E-state index in [9.17, 15) is 30.9 Å². The summed E-state index contributed by atoms with van der Waals surface area (Å²) in [5.74, 6) is 0. The lowest BCUT2D eigenvalue weighted by Gasteiger charge is -2.30. The number of alkyl halides is 6. The van der Waals surface area contributed by atoms with E-state index in [-0.39, 0.29) is 0 Å². The molecule has 0 aliphatic carbocycles. The first-order valence-corrected chi connectivity index (χ1v) is 10.8. The van der Waals surface area contributed by atoms with E-state index in [1.807, 2.05) is 0 Å². The van der Waals surface area contributed by atoms with Gasteiger partial charge in [-0.3, -0.25) is 13.6 Å². The molecule has 0 fully saturated rings. The van der Waals surface area contributed by atoms with Crippen molar-refractivity contribution < 1.29 is 40.0 Å². The maximum Gasteiger partial charge on any atom is 0.419 e. The maximum absolute atomic E-state index is 13.8. The van der Waals surface area contributed by atoms with Crippen LogP contribution < -0.4 is 5.30 Å². The Morgan fingerprint density at radius 3 is 1.19 bits per heavy atom. The number of hydrogen-bond acceptors (Lipinski definition) is 3. The molecule has 10 heteroatoms. The highest BCUT2D eigenvalue weighted by molar-refractivity contribution is 7.62. The van der Waals surface area contributed by atoms with Crippen LogP contribution in [-0.4, -0.2) is 12.4 Å². The summed E-state index contributed by atoms with van der Waals surface area (Å²) in [5.41, 5.74) is -0.856. The third-order valence-electron chi connectivity index (χ3n) is 4.36. The van der Waals surface area contributed by atoms with E-state index in [1.54, 1.807) is 0 Å². The summed E-state index contributed by atoms with van der Waals surface area (Å²) in [6, 6.07) is 18.7. The second-order valence-electron chi connectivity index (χ2n) is 6.71. The largest absolute Gasteiger partial charge is 0.419 e. The first-order chi connectivity index (χ1) is 15.0. The molecule has 3 aromatic rings. The number of hydrogen-bond donors (Lipinski definition) is 0. The first kappa shape index (κ1) is 24.0. The molecule has 0 N–H and O–H groups in total. The lowest BCUT2D eigenvalue weighted by molar-refractivity contribution is -0.213. The van der Waals surface area contributed by atoms with Crippen LogP contribution in [0.4, 0.5) is 26.3 Å². The van der Waals surface area contributed by atoms with Gasteiger partial charge in [0.05, 0.1) is 5.30 Å². The van der Waals surface area contributed by atoms with Crippen LogP contribution in [0.2, 0.25) is 0 Å². The standard InChI is InChI=1S/C22H17F6O3P/c23-21(24,25)19(16-10-4-1-5-11-16)30-32(29,18-14-8-3-9-15-18)31-20(22(26,27)28)17-12-6-2-7-13-17/h1-15,19-20H/t19-,20-/m1/s1. The van der Waals surface area contributed by atoms with Gasteiger partial charge < -0.3 is 0 Å². The second-order valence-corrected chi connectivity index (χ2v) is 8.64. The third-order valence-corrected chi connectivity index (χ3v) is 6.27. The van der Waals surface area contributed by atoms with Crippen LogP contribution in [0, 0.1) is 0 Å². The van der Waals surface area contributed by atoms with Crippen molar-refractivity contribution in [1.29, 1.82) is 0 Å². The molecule has 3 nitrogen and oxygen atoms in total. The van der Waals surface area contributed by atoms with Crippen LogP contribution in [-0.2, 0) is 13.6 Å². The van der Waals surface area contributed by atoms with E-state index in [1.165, 1.54) is 54.6 Å². The van der Waals surface area contributed by atoms with Crippen LogP contribution in [0.1, 0.15) is 23.3 Å². The van der Waals surface area contributed by atoms with Crippen molar-refractivity contribution in [1.82, 2.24) is 0 Å². The molecular weight excluding hydrogens is 457 g/mol. The van der Waals surface area contributed by atoms with E-state index in [0.29, 0.717) is 0 Å². The minimum absolute atomic E-state index is 0.428. The van der Waals surface area contributed by atoms with E-state index in [0.717, 1.165) is 36.4 Å². The fourth-order valence-corrected chi connectivity index (χ4v) is 4.78. The average Bonchev–Trinajstić information content (AvgIpc) is 2.76. The molecule has 32 heavy (non-hydrogen) atoms. The second kappa shape index (κ2) is 9.48. The van der Waals surface area contributed by atoms with Gasteiger partial charge in [-0.2, -0.15) is 26.3 Å². The molecule has 2 atom stereocenters. The molecule has 0 aliphatic rings. The summed E-state index contributed by atoms with van der Waals surface area (Å²) in [6.07, 6.45) is -15.7. The number of rotatable bonds is 7. The lowest BCUT2D eigenvalue weighted by atomic mass is 10.1. The molecule has 0 spiro atoms. The van der Waals surface area contributed by atoms with Gasteiger partial charge in [0.1, 0.15) is 0 Å². The summed E-state index contributed by atoms with van der Waals surface area (Å²) in [6.45, 7) is 0. The van der Waals surface area contributed by atoms with Crippen LogP contribution in [0.15, 0.2) is 91.0 Å². The smallest absolute Gasteiger partial charge is 0.287 e. The molecule has 3 rings (SSSR count). The van der Waals surface area contributed by atoms with Gasteiger partial charge in [0.15, 0.2) is 12.2 Å². The molecule has 0 heterocycles.